The highest BCUT2D eigenvalue weighted by Gasteiger charge is 2.25. The molecule has 0 saturated carbocycles. The van der Waals surface area contributed by atoms with E-state index in [1.807, 2.05) is 41.9 Å². The van der Waals surface area contributed by atoms with Gasteiger partial charge in [-0.15, -0.1) is 22.7 Å². The second-order valence-corrected chi connectivity index (χ2v) is 7.63. The Kier molecular flexibility index (Phi) is 7.94. The van der Waals surface area contributed by atoms with Gasteiger partial charge in [-0.3, -0.25) is 0 Å². The number of carbonyl (C=O) groups excluding carboxylic acids is 2. The van der Waals surface area contributed by atoms with Crippen molar-refractivity contribution in [3.05, 3.63) is 44.8 Å². The Morgan fingerprint density at radius 1 is 1.04 bits per heavy atom. The van der Waals surface area contributed by atoms with Crippen LogP contribution >= 0.6 is 22.7 Å². The van der Waals surface area contributed by atoms with Crippen LogP contribution in [0.2, 0.25) is 0 Å². The maximum Gasteiger partial charge on any atom is 0.353 e. The van der Waals surface area contributed by atoms with Crippen molar-refractivity contribution < 1.29 is 14.4 Å². The molecule has 5 nitrogen and oxygen atoms in total. The minimum absolute atomic E-state index is 0.242. The van der Waals surface area contributed by atoms with E-state index in [0.29, 0.717) is 19.6 Å². The zero-order valence-electron chi connectivity index (χ0n) is 14.6. The third-order valence-electron chi connectivity index (χ3n) is 3.55. The highest BCUT2D eigenvalue weighted by molar-refractivity contribution is 7.10. The fourth-order valence-electron chi connectivity index (χ4n) is 2.20. The Bertz CT molecular complexity index is 605. The summed E-state index contributed by atoms with van der Waals surface area (Å²) in [5, 5.41) is 5.21. The maximum absolute atomic E-state index is 13.0. The molecule has 2 aromatic rings. The Morgan fingerprint density at radius 2 is 1.64 bits per heavy atom. The van der Waals surface area contributed by atoms with Crippen LogP contribution in [0.3, 0.4) is 0 Å². The monoisotopic (exact) mass is 380 g/mol. The van der Waals surface area contributed by atoms with Crippen molar-refractivity contribution in [3.8, 4) is 0 Å². The van der Waals surface area contributed by atoms with Gasteiger partial charge in [0.15, 0.2) is 0 Å². The van der Waals surface area contributed by atoms with Crippen molar-refractivity contribution in [1.29, 1.82) is 0 Å². The molecular formula is C18H24N2O3S2. The molecule has 0 bridgehead atoms. The molecule has 136 valence electrons. The molecule has 0 saturated heterocycles. The first-order chi connectivity index (χ1) is 12.1. The lowest BCUT2D eigenvalue weighted by Crippen LogP contribution is -2.43. The summed E-state index contributed by atoms with van der Waals surface area (Å²) in [6.45, 7) is 5.17. The summed E-state index contributed by atoms with van der Waals surface area (Å²) in [5.41, 5.74) is 0. The molecular weight excluding hydrogens is 356 g/mol. The lowest BCUT2D eigenvalue weighted by Gasteiger charge is -2.28. The Morgan fingerprint density at radius 3 is 2.08 bits per heavy atom. The van der Waals surface area contributed by atoms with Crippen molar-refractivity contribution in [1.82, 2.24) is 9.96 Å². The van der Waals surface area contributed by atoms with E-state index in [0.717, 1.165) is 22.6 Å². The molecule has 0 aliphatic carbocycles. The van der Waals surface area contributed by atoms with E-state index in [1.165, 1.54) is 5.06 Å². The number of nitrogens with zero attached hydrogens (tertiary/aromatic N) is 2. The Hall–Kier alpha value is -1.86. The van der Waals surface area contributed by atoms with Crippen molar-refractivity contribution in [2.75, 3.05) is 6.54 Å². The lowest BCUT2D eigenvalue weighted by atomic mass is 10.3. The summed E-state index contributed by atoms with van der Waals surface area (Å²) in [6.07, 6.45) is 1.95. The Balaban J connectivity index is 2.15. The standard InChI is InChI=1S/C18H24N2O3S2/c1-3-5-10-20(23-17(21)4-2)18(22)19(13-15-8-6-11-24-15)14-16-9-7-12-25-16/h6-9,11-12H,3-5,10,13-14H2,1-2H3. The first-order valence-corrected chi connectivity index (χ1v) is 10.2. The summed E-state index contributed by atoms with van der Waals surface area (Å²) in [6, 6.07) is 7.69. The van der Waals surface area contributed by atoms with Gasteiger partial charge in [0.25, 0.3) is 0 Å². The third-order valence-corrected chi connectivity index (χ3v) is 5.28. The van der Waals surface area contributed by atoms with Crippen LogP contribution in [0.15, 0.2) is 35.0 Å². The van der Waals surface area contributed by atoms with Gasteiger partial charge in [0.1, 0.15) is 0 Å². The van der Waals surface area contributed by atoms with Crippen LogP contribution in [0, 0.1) is 0 Å². The quantitative estimate of drug-likeness (QED) is 0.612. The zero-order chi connectivity index (χ0) is 18.1. The van der Waals surface area contributed by atoms with Gasteiger partial charge in [0, 0.05) is 16.2 Å². The van der Waals surface area contributed by atoms with Gasteiger partial charge in [0.2, 0.25) is 0 Å². The average molecular weight is 381 g/mol. The van der Waals surface area contributed by atoms with E-state index in [9.17, 15) is 9.59 Å². The van der Waals surface area contributed by atoms with Gasteiger partial charge in [0.05, 0.1) is 19.6 Å². The molecule has 2 aromatic heterocycles. The zero-order valence-corrected chi connectivity index (χ0v) is 16.3. The van der Waals surface area contributed by atoms with Crippen molar-refractivity contribution in [2.45, 2.75) is 46.2 Å². The van der Waals surface area contributed by atoms with Gasteiger partial charge in [-0.2, -0.15) is 5.06 Å². The van der Waals surface area contributed by atoms with Crippen molar-refractivity contribution in [2.24, 2.45) is 0 Å². The number of amides is 2. The van der Waals surface area contributed by atoms with Crippen LogP contribution in [0.4, 0.5) is 4.79 Å². The van der Waals surface area contributed by atoms with Gasteiger partial charge in [-0.1, -0.05) is 32.4 Å². The Labute approximate surface area is 156 Å². The number of unbranched alkanes of at least 4 members (excludes halogenated alkanes) is 1. The second kappa shape index (κ2) is 10.2. The largest absolute Gasteiger partial charge is 0.353 e. The summed E-state index contributed by atoms with van der Waals surface area (Å²) >= 11 is 3.23. The van der Waals surface area contributed by atoms with Crippen LogP contribution in [0.5, 0.6) is 0 Å². The van der Waals surface area contributed by atoms with Crippen LogP contribution in [0.25, 0.3) is 0 Å². The molecule has 0 N–H and O–H groups in total. The highest BCUT2D eigenvalue weighted by Crippen LogP contribution is 2.19. The van der Waals surface area contributed by atoms with E-state index in [2.05, 4.69) is 0 Å². The number of urea groups is 1. The minimum Gasteiger partial charge on any atom is -0.337 e. The number of thiophene rings is 2. The van der Waals surface area contributed by atoms with E-state index in [1.54, 1.807) is 34.5 Å². The van der Waals surface area contributed by atoms with Gasteiger partial charge in [-0.05, 0) is 29.3 Å². The molecule has 2 rings (SSSR count). The molecule has 0 aliphatic rings. The molecule has 0 fully saturated rings. The average Bonchev–Trinajstić information content (AvgIpc) is 3.31. The summed E-state index contributed by atoms with van der Waals surface area (Å²) < 4.78 is 0. The van der Waals surface area contributed by atoms with Crippen LogP contribution in [-0.4, -0.2) is 28.5 Å². The lowest BCUT2D eigenvalue weighted by molar-refractivity contribution is -0.178. The summed E-state index contributed by atoms with van der Waals surface area (Å²) in [7, 11) is 0. The normalized spacial score (nSPS) is 10.5. The fraction of sp³-hybridized carbons (Fsp3) is 0.444. The third kappa shape index (κ3) is 6.17. The second-order valence-electron chi connectivity index (χ2n) is 5.57. The molecule has 0 spiro atoms. The molecule has 2 heterocycles. The maximum atomic E-state index is 13.0. The number of hydrogen-bond acceptors (Lipinski definition) is 5. The van der Waals surface area contributed by atoms with Crippen LogP contribution in [0.1, 0.15) is 42.9 Å². The number of rotatable bonds is 8. The predicted molar refractivity (Wildman–Crippen MR) is 101 cm³/mol. The molecule has 0 aromatic carbocycles. The summed E-state index contributed by atoms with van der Waals surface area (Å²) in [4.78, 5) is 34.0. The van der Waals surface area contributed by atoms with Gasteiger partial charge < -0.3 is 9.74 Å². The SMILES string of the molecule is CCCCN(OC(=O)CC)C(=O)N(Cc1cccs1)Cc1cccs1. The minimum atomic E-state index is -0.392. The van der Waals surface area contributed by atoms with Gasteiger partial charge >= 0.3 is 12.0 Å². The summed E-state index contributed by atoms with van der Waals surface area (Å²) in [5.74, 6) is -0.392. The van der Waals surface area contributed by atoms with E-state index >= 15 is 0 Å². The van der Waals surface area contributed by atoms with E-state index < -0.39 is 5.97 Å². The molecule has 0 unspecified atom stereocenters. The smallest absolute Gasteiger partial charge is 0.337 e. The predicted octanol–water partition coefficient (Wildman–Crippen LogP) is 4.90. The highest BCUT2D eigenvalue weighted by atomic mass is 32.1. The van der Waals surface area contributed by atoms with Crippen molar-refractivity contribution in [3.63, 3.8) is 0 Å². The van der Waals surface area contributed by atoms with E-state index in [-0.39, 0.29) is 12.5 Å². The molecule has 0 radical (unpaired) electrons. The van der Waals surface area contributed by atoms with Crippen LogP contribution in [-0.2, 0) is 22.7 Å². The first-order valence-electron chi connectivity index (χ1n) is 8.46. The van der Waals surface area contributed by atoms with Crippen molar-refractivity contribution >= 4 is 34.7 Å². The molecule has 2 amide bonds. The molecule has 25 heavy (non-hydrogen) atoms. The fourth-order valence-corrected chi connectivity index (χ4v) is 3.64. The van der Waals surface area contributed by atoms with Crippen LogP contribution < -0.4 is 0 Å². The number of hydroxylamine groups is 2. The molecule has 0 aliphatic heterocycles. The number of hydrogen-bond donors (Lipinski definition) is 0. The number of carbonyl (C=O) groups is 2. The molecule has 0 atom stereocenters. The topological polar surface area (TPSA) is 49.9 Å². The first kappa shape index (κ1) is 19.5. The van der Waals surface area contributed by atoms with Gasteiger partial charge in [-0.25, -0.2) is 9.59 Å². The molecule has 7 heteroatoms. The van der Waals surface area contributed by atoms with E-state index in [4.69, 9.17) is 4.84 Å².